The van der Waals surface area contributed by atoms with Gasteiger partial charge in [-0.3, -0.25) is 14.9 Å². The van der Waals surface area contributed by atoms with Crippen molar-refractivity contribution < 1.29 is 14.3 Å². The first-order chi connectivity index (χ1) is 12.5. The van der Waals surface area contributed by atoms with E-state index in [1.807, 2.05) is 29.6 Å². The second-order valence-corrected chi connectivity index (χ2v) is 7.06. The van der Waals surface area contributed by atoms with Gasteiger partial charge >= 0.3 is 0 Å². The number of carbonyl (C=O) groups excluding carboxylic acids is 2. The van der Waals surface area contributed by atoms with Crippen molar-refractivity contribution in [2.75, 3.05) is 30.8 Å². The lowest BCUT2D eigenvalue weighted by Crippen LogP contribution is -2.51. The molecule has 2 heterocycles. The van der Waals surface area contributed by atoms with Crippen molar-refractivity contribution in [1.29, 1.82) is 0 Å². The van der Waals surface area contributed by atoms with Crippen LogP contribution in [-0.4, -0.2) is 42.6 Å². The number of rotatable bonds is 5. The molecule has 1 aliphatic rings. The molecule has 2 amide bonds. The average Bonchev–Trinajstić information content (AvgIpc) is 3.11. The highest BCUT2D eigenvalue weighted by atomic mass is 32.1. The Balaban J connectivity index is 1.69. The van der Waals surface area contributed by atoms with Crippen LogP contribution < -0.4 is 16.0 Å². The van der Waals surface area contributed by atoms with Crippen molar-refractivity contribution in [2.45, 2.75) is 25.4 Å². The number of nitrogens with one attached hydrogen (secondary N) is 3. The molecule has 1 aromatic heterocycles. The Morgan fingerprint density at radius 3 is 2.50 bits per heavy atom. The predicted octanol–water partition coefficient (Wildman–Crippen LogP) is 2.48. The maximum atomic E-state index is 12.7. The minimum atomic E-state index is -0.795. The van der Waals surface area contributed by atoms with E-state index in [-0.39, 0.29) is 11.8 Å². The van der Waals surface area contributed by atoms with Gasteiger partial charge in [0.05, 0.1) is 5.69 Å². The predicted molar refractivity (Wildman–Crippen MR) is 102 cm³/mol. The number of amides is 2. The van der Waals surface area contributed by atoms with Crippen molar-refractivity contribution in [3.63, 3.8) is 0 Å². The second-order valence-electron chi connectivity index (χ2n) is 6.20. The molecule has 1 aliphatic heterocycles. The molecule has 1 saturated heterocycles. The van der Waals surface area contributed by atoms with Gasteiger partial charge in [-0.15, -0.1) is 11.3 Å². The van der Waals surface area contributed by atoms with Crippen LogP contribution >= 0.6 is 11.3 Å². The molecule has 3 N–H and O–H groups in total. The summed E-state index contributed by atoms with van der Waals surface area (Å²) in [4.78, 5) is 28.3. The van der Waals surface area contributed by atoms with Gasteiger partial charge in [0.2, 0.25) is 5.91 Å². The zero-order valence-corrected chi connectivity index (χ0v) is 15.6. The van der Waals surface area contributed by atoms with E-state index in [9.17, 15) is 9.59 Å². The SMILES string of the molecule is COC1(C(=O)Nc2nc(-c3ccc(NC(C)=O)cc3)cs2)CCNCC1. The van der Waals surface area contributed by atoms with Gasteiger partial charge in [-0.25, -0.2) is 4.98 Å². The molecule has 0 radical (unpaired) electrons. The number of aromatic nitrogens is 1. The maximum Gasteiger partial charge on any atom is 0.258 e. The zero-order valence-electron chi connectivity index (χ0n) is 14.8. The molecular weight excluding hydrogens is 352 g/mol. The first-order valence-electron chi connectivity index (χ1n) is 8.43. The molecule has 1 fully saturated rings. The van der Waals surface area contributed by atoms with Crippen LogP contribution in [0.4, 0.5) is 10.8 Å². The Kier molecular flexibility index (Phi) is 5.65. The summed E-state index contributed by atoms with van der Waals surface area (Å²) in [5, 5.41) is 11.3. The smallest absolute Gasteiger partial charge is 0.258 e. The normalized spacial score (nSPS) is 16.1. The first-order valence-corrected chi connectivity index (χ1v) is 9.31. The van der Waals surface area contributed by atoms with Crippen LogP contribution in [0.5, 0.6) is 0 Å². The van der Waals surface area contributed by atoms with E-state index >= 15 is 0 Å². The van der Waals surface area contributed by atoms with E-state index in [1.54, 1.807) is 7.11 Å². The van der Waals surface area contributed by atoms with E-state index < -0.39 is 5.60 Å². The van der Waals surface area contributed by atoms with Crippen LogP contribution in [0, 0.1) is 0 Å². The van der Waals surface area contributed by atoms with Crippen LogP contribution in [-0.2, 0) is 14.3 Å². The number of nitrogens with zero attached hydrogens (tertiary/aromatic N) is 1. The number of carbonyl (C=O) groups is 2. The van der Waals surface area contributed by atoms with Crippen molar-refractivity contribution in [1.82, 2.24) is 10.3 Å². The lowest BCUT2D eigenvalue weighted by Gasteiger charge is -2.34. The summed E-state index contributed by atoms with van der Waals surface area (Å²) < 4.78 is 5.54. The monoisotopic (exact) mass is 374 g/mol. The molecule has 138 valence electrons. The Morgan fingerprint density at radius 2 is 1.88 bits per heavy atom. The van der Waals surface area contributed by atoms with Crippen LogP contribution in [0.25, 0.3) is 11.3 Å². The number of benzene rings is 1. The Bertz CT molecular complexity index is 782. The van der Waals surface area contributed by atoms with E-state index in [0.29, 0.717) is 18.0 Å². The summed E-state index contributed by atoms with van der Waals surface area (Å²) in [7, 11) is 1.58. The summed E-state index contributed by atoms with van der Waals surface area (Å²) in [6.07, 6.45) is 1.27. The summed E-state index contributed by atoms with van der Waals surface area (Å²) in [6.45, 7) is 2.98. The van der Waals surface area contributed by atoms with Crippen molar-refractivity contribution >= 4 is 34.0 Å². The lowest BCUT2D eigenvalue weighted by molar-refractivity contribution is -0.140. The van der Waals surface area contributed by atoms with Gasteiger partial charge in [0.15, 0.2) is 5.13 Å². The lowest BCUT2D eigenvalue weighted by atomic mass is 9.91. The van der Waals surface area contributed by atoms with Crippen LogP contribution in [0.2, 0.25) is 0 Å². The number of hydrogen-bond donors (Lipinski definition) is 3. The molecular formula is C18H22N4O3S. The van der Waals surface area contributed by atoms with Gasteiger partial charge in [-0.2, -0.15) is 0 Å². The zero-order chi connectivity index (χ0) is 18.6. The van der Waals surface area contributed by atoms with E-state index in [1.165, 1.54) is 18.3 Å². The Labute approximate surface area is 156 Å². The number of ether oxygens (including phenoxy) is 1. The van der Waals surface area contributed by atoms with Gasteiger partial charge in [0.1, 0.15) is 5.60 Å². The fraction of sp³-hybridized carbons (Fsp3) is 0.389. The van der Waals surface area contributed by atoms with Crippen molar-refractivity contribution in [3.8, 4) is 11.3 Å². The number of hydrogen-bond acceptors (Lipinski definition) is 6. The first kappa shape index (κ1) is 18.5. The third kappa shape index (κ3) is 4.09. The highest BCUT2D eigenvalue weighted by Crippen LogP contribution is 2.29. The minimum absolute atomic E-state index is 0.110. The third-order valence-corrected chi connectivity index (χ3v) is 5.20. The van der Waals surface area contributed by atoms with Crippen LogP contribution in [0.15, 0.2) is 29.6 Å². The van der Waals surface area contributed by atoms with Crippen LogP contribution in [0.3, 0.4) is 0 Å². The average molecular weight is 374 g/mol. The van der Waals surface area contributed by atoms with E-state index in [4.69, 9.17) is 4.74 Å². The molecule has 26 heavy (non-hydrogen) atoms. The molecule has 0 unspecified atom stereocenters. The largest absolute Gasteiger partial charge is 0.368 e. The van der Waals surface area contributed by atoms with Gasteiger partial charge in [-0.1, -0.05) is 12.1 Å². The third-order valence-electron chi connectivity index (χ3n) is 4.44. The van der Waals surface area contributed by atoms with Crippen LogP contribution in [0.1, 0.15) is 19.8 Å². The topological polar surface area (TPSA) is 92.3 Å². The number of piperidine rings is 1. The Hall–Kier alpha value is -2.29. The summed E-state index contributed by atoms with van der Waals surface area (Å²) in [5.41, 5.74) is 1.63. The van der Waals surface area contributed by atoms with Gasteiger partial charge in [-0.05, 0) is 38.1 Å². The molecule has 7 nitrogen and oxygen atoms in total. The van der Waals surface area contributed by atoms with E-state index in [0.717, 1.165) is 30.0 Å². The second kappa shape index (κ2) is 7.94. The van der Waals surface area contributed by atoms with E-state index in [2.05, 4.69) is 20.9 Å². The molecule has 2 aromatic rings. The molecule has 8 heteroatoms. The Morgan fingerprint density at radius 1 is 1.19 bits per heavy atom. The maximum absolute atomic E-state index is 12.7. The van der Waals surface area contributed by atoms with Crippen molar-refractivity contribution in [3.05, 3.63) is 29.6 Å². The highest BCUT2D eigenvalue weighted by Gasteiger charge is 2.40. The molecule has 0 bridgehead atoms. The van der Waals surface area contributed by atoms with Gasteiger partial charge in [0.25, 0.3) is 5.91 Å². The summed E-state index contributed by atoms with van der Waals surface area (Å²) >= 11 is 1.38. The molecule has 1 aromatic carbocycles. The summed E-state index contributed by atoms with van der Waals surface area (Å²) in [6, 6.07) is 7.41. The molecule has 0 atom stereocenters. The minimum Gasteiger partial charge on any atom is -0.368 e. The number of anilines is 2. The fourth-order valence-electron chi connectivity index (χ4n) is 2.96. The molecule has 0 aliphatic carbocycles. The van der Waals surface area contributed by atoms with Gasteiger partial charge in [0, 0.05) is 30.7 Å². The fourth-order valence-corrected chi connectivity index (χ4v) is 3.67. The van der Waals surface area contributed by atoms with Crippen molar-refractivity contribution in [2.24, 2.45) is 0 Å². The van der Waals surface area contributed by atoms with Gasteiger partial charge < -0.3 is 15.4 Å². The highest BCUT2D eigenvalue weighted by molar-refractivity contribution is 7.14. The summed E-state index contributed by atoms with van der Waals surface area (Å²) in [5.74, 6) is -0.259. The molecule has 0 saturated carbocycles. The molecule has 3 rings (SSSR count). The number of methoxy groups -OCH3 is 1. The standard InChI is InChI=1S/C18H22N4O3S/c1-12(23)20-14-5-3-13(4-6-14)15-11-26-17(21-15)22-16(24)18(25-2)7-9-19-10-8-18/h3-6,11,19H,7-10H2,1-2H3,(H,20,23)(H,21,22,24). The molecule has 0 spiro atoms. The number of thiazole rings is 1. The quantitative estimate of drug-likeness (QED) is 0.748.